The van der Waals surface area contributed by atoms with E-state index in [1.54, 1.807) is 18.6 Å². The highest BCUT2D eigenvalue weighted by Gasteiger charge is 2.10. The van der Waals surface area contributed by atoms with Gasteiger partial charge in [-0.05, 0) is 43.2 Å². The van der Waals surface area contributed by atoms with Gasteiger partial charge >= 0.3 is 0 Å². The van der Waals surface area contributed by atoms with Gasteiger partial charge in [-0.1, -0.05) is 30.3 Å². The Balaban J connectivity index is 1.46. The molecule has 0 fully saturated rings. The number of benzene rings is 1. The van der Waals surface area contributed by atoms with Crippen molar-refractivity contribution < 1.29 is 4.74 Å². The second kappa shape index (κ2) is 9.13. The Morgan fingerprint density at radius 3 is 2.57 bits per heavy atom. The normalized spacial score (nSPS) is 10.6. The van der Waals surface area contributed by atoms with E-state index in [4.69, 9.17) is 9.72 Å². The molecule has 0 aliphatic heterocycles. The molecule has 0 bridgehead atoms. The quantitative estimate of drug-likeness (QED) is 0.485. The van der Waals surface area contributed by atoms with Crippen LogP contribution in [0.4, 0.5) is 5.82 Å². The number of nitrogens with one attached hydrogen (secondary N) is 1. The predicted octanol–water partition coefficient (Wildman–Crippen LogP) is 4.74. The first-order chi connectivity index (χ1) is 14.7. The summed E-state index contributed by atoms with van der Waals surface area (Å²) in [5.41, 5.74) is 5.03. The molecule has 0 atom stereocenters. The van der Waals surface area contributed by atoms with Crippen LogP contribution in [0.3, 0.4) is 0 Å². The van der Waals surface area contributed by atoms with Gasteiger partial charge in [0.2, 0.25) is 5.88 Å². The number of aromatic nitrogens is 4. The van der Waals surface area contributed by atoms with Crippen LogP contribution in [0.25, 0.3) is 11.4 Å². The predicted molar refractivity (Wildman–Crippen MR) is 117 cm³/mol. The molecule has 0 radical (unpaired) electrons. The molecule has 0 spiro atoms. The third-order valence-corrected chi connectivity index (χ3v) is 4.80. The summed E-state index contributed by atoms with van der Waals surface area (Å²) in [7, 11) is 0. The average Bonchev–Trinajstić information content (AvgIpc) is 2.80. The van der Waals surface area contributed by atoms with Gasteiger partial charge in [-0.2, -0.15) is 0 Å². The van der Waals surface area contributed by atoms with Gasteiger partial charge in [0.25, 0.3) is 0 Å². The Hall–Kier alpha value is -3.80. The fourth-order valence-electron chi connectivity index (χ4n) is 2.98. The maximum Gasteiger partial charge on any atom is 0.213 e. The molecule has 30 heavy (non-hydrogen) atoms. The molecular formula is C24H23N5O. The summed E-state index contributed by atoms with van der Waals surface area (Å²) in [6.07, 6.45) is 5.27. The molecule has 3 aromatic heterocycles. The summed E-state index contributed by atoms with van der Waals surface area (Å²) in [6, 6.07) is 17.8. The van der Waals surface area contributed by atoms with E-state index in [-0.39, 0.29) is 0 Å². The molecule has 150 valence electrons. The fourth-order valence-corrected chi connectivity index (χ4v) is 2.98. The standard InChI is InChI=1S/C24H23N5O/c1-17-18(2)28-24(21-9-6-11-25-15-21)29-23(17)27-14-20-10-12-26-22(13-20)30-16-19-7-4-3-5-8-19/h3-13,15H,14,16H2,1-2H3,(H,27,28,29). The summed E-state index contributed by atoms with van der Waals surface area (Å²) in [4.78, 5) is 17.8. The number of nitrogens with zero attached hydrogens (tertiary/aromatic N) is 4. The molecule has 1 N–H and O–H groups in total. The summed E-state index contributed by atoms with van der Waals surface area (Å²) in [6.45, 7) is 5.10. The van der Waals surface area contributed by atoms with Crippen molar-refractivity contribution in [2.45, 2.75) is 27.0 Å². The number of pyridine rings is 2. The minimum absolute atomic E-state index is 0.489. The third-order valence-electron chi connectivity index (χ3n) is 4.80. The lowest BCUT2D eigenvalue weighted by atomic mass is 10.2. The molecule has 1 aromatic carbocycles. The van der Waals surface area contributed by atoms with Crippen LogP contribution in [0.1, 0.15) is 22.4 Å². The molecule has 3 heterocycles. The van der Waals surface area contributed by atoms with Crippen molar-refractivity contribution in [3.63, 3.8) is 0 Å². The van der Waals surface area contributed by atoms with Crippen molar-refractivity contribution in [1.82, 2.24) is 19.9 Å². The van der Waals surface area contributed by atoms with Crippen molar-refractivity contribution in [2.24, 2.45) is 0 Å². The van der Waals surface area contributed by atoms with Crippen molar-refractivity contribution in [3.05, 3.63) is 95.6 Å². The first-order valence-corrected chi connectivity index (χ1v) is 9.80. The van der Waals surface area contributed by atoms with Gasteiger partial charge in [0.1, 0.15) is 12.4 Å². The highest BCUT2D eigenvalue weighted by atomic mass is 16.5. The fraction of sp³-hybridized carbons (Fsp3) is 0.167. The molecule has 6 nitrogen and oxygen atoms in total. The maximum atomic E-state index is 5.83. The molecule has 0 amide bonds. The van der Waals surface area contributed by atoms with Gasteiger partial charge in [0, 0.05) is 48.0 Å². The second-order valence-electron chi connectivity index (χ2n) is 6.98. The Morgan fingerprint density at radius 2 is 1.77 bits per heavy atom. The molecular weight excluding hydrogens is 374 g/mol. The monoisotopic (exact) mass is 397 g/mol. The summed E-state index contributed by atoms with van der Waals surface area (Å²) in [5, 5.41) is 3.43. The second-order valence-corrected chi connectivity index (χ2v) is 6.98. The first-order valence-electron chi connectivity index (χ1n) is 9.80. The molecule has 4 rings (SSSR count). The average molecular weight is 397 g/mol. The van der Waals surface area contributed by atoms with Gasteiger partial charge in [0.05, 0.1) is 0 Å². The highest BCUT2D eigenvalue weighted by molar-refractivity contribution is 5.58. The summed E-state index contributed by atoms with van der Waals surface area (Å²) < 4.78 is 5.83. The lowest BCUT2D eigenvalue weighted by Crippen LogP contribution is -2.07. The van der Waals surface area contributed by atoms with E-state index in [1.165, 1.54) is 0 Å². The third kappa shape index (κ3) is 4.78. The SMILES string of the molecule is Cc1nc(-c2cccnc2)nc(NCc2ccnc(OCc3ccccc3)c2)c1C. The molecule has 0 saturated carbocycles. The topological polar surface area (TPSA) is 72.8 Å². The lowest BCUT2D eigenvalue weighted by Gasteiger charge is -2.13. The smallest absolute Gasteiger partial charge is 0.213 e. The van der Waals surface area contributed by atoms with E-state index in [0.717, 1.165) is 33.8 Å². The van der Waals surface area contributed by atoms with E-state index < -0.39 is 0 Å². The Labute approximate surface area is 176 Å². The van der Waals surface area contributed by atoms with E-state index in [9.17, 15) is 0 Å². The van der Waals surface area contributed by atoms with Crippen LogP contribution in [0.2, 0.25) is 0 Å². The number of ether oxygens (including phenoxy) is 1. The Morgan fingerprint density at radius 1 is 0.900 bits per heavy atom. The maximum absolute atomic E-state index is 5.83. The van der Waals surface area contributed by atoms with Gasteiger partial charge < -0.3 is 10.1 Å². The Bertz CT molecular complexity index is 1120. The number of hydrogen-bond donors (Lipinski definition) is 1. The van der Waals surface area contributed by atoms with Gasteiger partial charge in [-0.15, -0.1) is 0 Å². The molecule has 0 unspecified atom stereocenters. The van der Waals surface area contributed by atoms with Crippen LogP contribution >= 0.6 is 0 Å². The van der Waals surface area contributed by atoms with Gasteiger partial charge in [0.15, 0.2) is 5.82 Å². The lowest BCUT2D eigenvalue weighted by molar-refractivity contribution is 0.293. The minimum atomic E-state index is 0.489. The first kappa shape index (κ1) is 19.5. The number of aryl methyl sites for hydroxylation is 1. The van der Waals surface area contributed by atoms with Crippen molar-refractivity contribution in [3.8, 4) is 17.3 Å². The van der Waals surface area contributed by atoms with E-state index in [1.807, 2.05) is 68.4 Å². The largest absolute Gasteiger partial charge is 0.473 e. The number of hydrogen-bond acceptors (Lipinski definition) is 6. The molecule has 0 aliphatic carbocycles. The van der Waals surface area contributed by atoms with Crippen LogP contribution in [0.15, 0.2) is 73.2 Å². The van der Waals surface area contributed by atoms with Crippen molar-refractivity contribution in [2.75, 3.05) is 5.32 Å². The van der Waals surface area contributed by atoms with Crippen molar-refractivity contribution >= 4 is 5.82 Å². The number of rotatable bonds is 7. The minimum Gasteiger partial charge on any atom is -0.473 e. The zero-order valence-electron chi connectivity index (χ0n) is 17.0. The van der Waals surface area contributed by atoms with Crippen LogP contribution in [0, 0.1) is 13.8 Å². The summed E-state index contributed by atoms with van der Waals surface area (Å²) in [5.74, 6) is 2.07. The van der Waals surface area contributed by atoms with Gasteiger partial charge in [-0.3, -0.25) is 4.98 Å². The highest BCUT2D eigenvalue weighted by Crippen LogP contribution is 2.22. The molecule has 0 aliphatic rings. The van der Waals surface area contributed by atoms with Crippen LogP contribution in [0.5, 0.6) is 5.88 Å². The van der Waals surface area contributed by atoms with Crippen molar-refractivity contribution in [1.29, 1.82) is 0 Å². The zero-order valence-corrected chi connectivity index (χ0v) is 17.0. The van der Waals surface area contributed by atoms with Crippen LogP contribution in [-0.2, 0) is 13.2 Å². The molecule has 4 aromatic rings. The van der Waals surface area contributed by atoms with Gasteiger partial charge in [-0.25, -0.2) is 15.0 Å². The Kier molecular flexibility index (Phi) is 5.94. The van der Waals surface area contributed by atoms with E-state index in [0.29, 0.717) is 24.9 Å². The van der Waals surface area contributed by atoms with Crippen LogP contribution in [-0.4, -0.2) is 19.9 Å². The van der Waals surface area contributed by atoms with E-state index in [2.05, 4.69) is 20.3 Å². The molecule has 0 saturated heterocycles. The number of anilines is 1. The van der Waals surface area contributed by atoms with E-state index >= 15 is 0 Å². The molecule has 6 heteroatoms. The van der Waals surface area contributed by atoms with Crippen LogP contribution < -0.4 is 10.1 Å². The summed E-state index contributed by atoms with van der Waals surface area (Å²) >= 11 is 0. The zero-order chi connectivity index (χ0) is 20.8.